The van der Waals surface area contributed by atoms with Gasteiger partial charge < -0.3 is 15.0 Å². The lowest BCUT2D eigenvalue weighted by molar-refractivity contribution is 0.0858. The van der Waals surface area contributed by atoms with Gasteiger partial charge in [-0.25, -0.2) is 0 Å². The van der Waals surface area contributed by atoms with Gasteiger partial charge in [0.05, 0.1) is 6.10 Å². The average molecular weight is 276 g/mol. The Labute approximate surface area is 121 Å². The van der Waals surface area contributed by atoms with E-state index in [0.717, 1.165) is 38.1 Å². The van der Waals surface area contributed by atoms with Crippen LogP contribution in [0.1, 0.15) is 36.5 Å². The van der Waals surface area contributed by atoms with Crippen LogP contribution in [-0.4, -0.2) is 38.8 Å². The second-order valence-corrected chi connectivity index (χ2v) is 5.31. The number of hydrogen-bond donors (Lipinski definition) is 1. The Bertz CT molecular complexity index is 425. The molecule has 20 heavy (non-hydrogen) atoms. The molecule has 4 nitrogen and oxygen atoms in total. The lowest BCUT2D eigenvalue weighted by Crippen LogP contribution is -2.31. The number of nitrogens with one attached hydrogen (secondary N) is 1. The molecule has 110 valence electrons. The maximum Gasteiger partial charge on any atom is 0.251 e. The third-order valence-corrected chi connectivity index (χ3v) is 3.64. The van der Waals surface area contributed by atoms with E-state index in [1.807, 2.05) is 24.3 Å². The molecule has 0 aromatic heterocycles. The van der Waals surface area contributed by atoms with E-state index < -0.39 is 0 Å². The Morgan fingerprint density at radius 3 is 2.75 bits per heavy atom. The highest BCUT2D eigenvalue weighted by molar-refractivity contribution is 5.94. The van der Waals surface area contributed by atoms with Gasteiger partial charge in [-0.3, -0.25) is 4.79 Å². The molecular weight excluding hydrogens is 252 g/mol. The van der Waals surface area contributed by atoms with E-state index in [1.165, 1.54) is 0 Å². The molecule has 0 unspecified atom stereocenters. The lowest BCUT2D eigenvalue weighted by Gasteiger charge is -2.18. The Kier molecular flexibility index (Phi) is 5.41. The van der Waals surface area contributed by atoms with Crippen LogP contribution in [0.4, 0.5) is 5.69 Å². The molecule has 1 aliphatic heterocycles. The molecule has 1 aromatic carbocycles. The fraction of sp³-hybridized carbons (Fsp3) is 0.562. The summed E-state index contributed by atoms with van der Waals surface area (Å²) < 4.78 is 5.50. The summed E-state index contributed by atoms with van der Waals surface area (Å²) in [5.74, 6) is -0.0230. The smallest absolute Gasteiger partial charge is 0.251 e. The van der Waals surface area contributed by atoms with Crippen LogP contribution in [0.3, 0.4) is 0 Å². The minimum absolute atomic E-state index is 0.0230. The first-order valence-corrected chi connectivity index (χ1v) is 7.41. The summed E-state index contributed by atoms with van der Waals surface area (Å²) >= 11 is 0. The molecule has 0 spiro atoms. The van der Waals surface area contributed by atoms with Gasteiger partial charge in [0.2, 0.25) is 0 Å². The van der Waals surface area contributed by atoms with Crippen molar-refractivity contribution in [2.75, 3.05) is 31.6 Å². The van der Waals surface area contributed by atoms with Crippen molar-refractivity contribution in [3.63, 3.8) is 0 Å². The van der Waals surface area contributed by atoms with Crippen molar-refractivity contribution in [1.29, 1.82) is 0 Å². The maximum absolute atomic E-state index is 12.0. The summed E-state index contributed by atoms with van der Waals surface area (Å²) in [6, 6.07) is 7.76. The fourth-order valence-corrected chi connectivity index (χ4v) is 2.45. The zero-order valence-corrected chi connectivity index (χ0v) is 12.4. The molecule has 1 fully saturated rings. The van der Waals surface area contributed by atoms with Crippen LogP contribution in [0.5, 0.6) is 0 Å². The minimum atomic E-state index is -0.0230. The number of rotatable bonds is 6. The van der Waals surface area contributed by atoms with E-state index >= 15 is 0 Å². The highest BCUT2D eigenvalue weighted by Crippen LogP contribution is 2.14. The Morgan fingerprint density at radius 1 is 1.40 bits per heavy atom. The zero-order chi connectivity index (χ0) is 14.4. The standard InChI is InChI=1S/C16H24N2O2/c1-3-10-18(2)14-8-6-13(7-9-14)16(19)17-12-15-5-4-11-20-15/h6-9,15H,3-5,10-12H2,1-2H3,(H,17,19)/t15-/m1/s1. The number of carbonyl (C=O) groups is 1. The van der Waals surface area contributed by atoms with Gasteiger partial charge in [-0.2, -0.15) is 0 Å². The van der Waals surface area contributed by atoms with Gasteiger partial charge in [0.25, 0.3) is 5.91 Å². The van der Waals surface area contributed by atoms with Gasteiger partial charge in [-0.05, 0) is 43.5 Å². The van der Waals surface area contributed by atoms with Crippen molar-refractivity contribution >= 4 is 11.6 Å². The van der Waals surface area contributed by atoms with Crippen LogP contribution in [0.25, 0.3) is 0 Å². The molecule has 1 heterocycles. The molecule has 0 aliphatic carbocycles. The molecule has 1 aliphatic rings. The average Bonchev–Trinajstić information content (AvgIpc) is 2.98. The third-order valence-electron chi connectivity index (χ3n) is 3.64. The SMILES string of the molecule is CCCN(C)c1ccc(C(=O)NC[C@H]2CCCO2)cc1. The summed E-state index contributed by atoms with van der Waals surface area (Å²) in [5, 5.41) is 2.94. The van der Waals surface area contributed by atoms with E-state index in [9.17, 15) is 4.79 Å². The van der Waals surface area contributed by atoms with Gasteiger partial charge in [0.1, 0.15) is 0 Å². The van der Waals surface area contributed by atoms with Crippen molar-refractivity contribution in [3.05, 3.63) is 29.8 Å². The summed E-state index contributed by atoms with van der Waals surface area (Å²) in [6.07, 6.45) is 3.44. The van der Waals surface area contributed by atoms with Crippen molar-refractivity contribution in [2.45, 2.75) is 32.3 Å². The van der Waals surface area contributed by atoms with Crippen LogP contribution in [0, 0.1) is 0 Å². The van der Waals surface area contributed by atoms with Crippen LogP contribution in [0.2, 0.25) is 0 Å². The first kappa shape index (κ1) is 14.9. The lowest BCUT2D eigenvalue weighted by atomic mass is 10.1. The van der Waals surface area contributed by atoms with Gasteiger partial charge in [0, 0.05) is 38.0 Å². The van der Waals surface area contributed by atoms with Crippen LogP contribution in [0.15, 0.2) is 24.3 Å². The molecule has 1 amide bonds. The van der Waals surface area contributed by atoms with Crippen molar-refractivity contribution in [2.24, 2.45) is 0 Å². The van der Waals surface area contributed by atoms with E-state index in [2.05, 4.69) is 24.2 Å². The van der Waals surface area contributed by atoms with Crippen LogP contribution < -0.4 is 10.2 Å². The number of carbonyl (C=O) groups excluding carboxylic acids is 1. The molecule has 0 bridgehead atoms. The molecule has 1 saturated heterocycles. The third kappa shape index (κ3) is 3.97. The Balaban J connectivity index is 1.86. The highest BCUT2D eigenvalue weighted by Gasteiger charge is 2.16. The second-order valence-electron chi connectivity index (χ2n) is 5.31. The normalized spacial score (nSPS) is 18.0. The number of amides is 1. The predicted octanol–water partition coefficient (Wildman–Crippen LogP) is 2.44. The Hall–Kier alpha value is -1.55. The van der Waals surface area contributed by atoms with Crippen LogP contribution in [-0.2, 0) is 4.74 Å². The van der Waals surface area contributed by atoms with Gasteiger partial charge in [0.15, 0.2) is 0 Å². The summed E-state index contributed by atoms with van der Waals surface area (Å²) in [4.78, 5) is 14.2. The van der Waals surface area contributed by atoms with Crippen molar-refractivity contribution in [3.8, 4) is 0 Å². The topological polar surface area (TPSA) is 41.6 Å². The number of benzene rings is 1. The van der Waals surface area contributed by atoms with E-state index in [0.29, 0.717) is 12.1 Å². The van der Waals surface area contributed by atoms with Gasteiger partial charge in [-0.1, -0.05) is 6.92 Å². The van der Waals surface area contributed by atoms with Crippen molar-refractivity contribution in [1.82, 2.24) is 5.32 Å². The van der Waals surface area contributed by atoms with E-state index in [1.54, 1.807) is 0 Å². The maximum atomic E-state index is 12.0. The first-order valence-electron chi connectivity index (χ1n) is 7.41. The molecule has 1 aromatic rings. The summed E-state index contributed by atoms with van der Waals surface area (Å²) in [7, 11) is 2.07. The largest absolute Gasteiger partial charge is 0.376 e. The monoisotopic (exact) mass is 276 g/mol. The second kappa shape index (κ2) is 7.29. The predicted molar refractivity (Wildman–Crippen MR) is 81.3 cm³/mol. The van der Waals surface area contributed by atoms with Crippen molar-refractivity contribution < 1.29 is 9.53 Å². The van der Waals surface area contributed by atoms with E-state index in [4.69, 9.17) is 4.74 Å². The molecule has 0 radical (unpaired) electrons. The Morgan fingerprint density at radius 2 is 2.15 bits per heavy atom. The zero-order valence-electron chi connectivity index (χ0n) is 12.4. The van der Waals surface area contributed by atoms with E-state index in [-0.39, 0.29) is 12.0 Å². The molecule has 1 N–H and O–H groups in total. The molecular formula is C16H24N2O2. The van der Waals surface area contributed by atoms with Gasteiger partial charge >= 0.3 is 0 Å². The highest BCUT2D eigenvalue weighted by atomic mass is 16.5. The molecule has 2 rings (SSSR count). The molecule has 1 atom stereocenters. The van der Waals surface area contributed by atoms with Crippen LogP contribution >= 0.6 is 0 Å². The number of anilines is 1. The first-order chi connectivity index (χ1) is 9.70. The fourth-order valence-electron chi connectivity index (χ4n) is 2.45. The summed E-state index contributed by atoms with van der Waals surface area (Å²) in [6.45, 7) is 4.60. The molecule has 0 saturated carbocycles. The van der Waals surface area contributed by atoms with Gasteiger partial charge in [-0.15, -0.1) is 0 Å². The summed E-state index contributed by atoms with van der Waals surface area (Å²) in [5.41, 5.74) is 1.85. The molecule has 4 heteroatoms. The number of ether oxygens (including phenoxy) is 1. The minimum Gasteiger partial charge on any atom is -0.376 e. The quantitative estimate of drug-likeness (QED) is 0.867. The number of hydrogen-bond acceptors (Lipinski definition) is 3. The number of nitrogens with zero attached hydrogens (tertiary/aromatic N) is 1.